The van der Waals surface area contributed by atoms with Crippen LogP contribution < -0.4 is 11.0 Å². The first kappa shape index (κ1) is 12.3. The van der Waals surface area contributed by atoms with E-state index in [9.17, 15) is 4.79 Å². The molecule has 0 aliphatic rings. The van der Waals surface area contributed by atoms with Crippen LogP contribution in [0.2, 0.25) is 5.02 Å². The summed E-state index contributed by atoms with van der Waals surface area (Å²) in [4.78, 5) is 17.8. The quantitative estimate of drug-likeness (QED) is 0.658. The summed E-state index contributed by atoms with van der Waals surface area (Å²) < 4.78 is 0. The number of halogens is 1. The Balaban J connectivity index is 2.12. The molecule has 5 nitrogen and oxygen atoms in total. The number of hydrogen-bond donors (Lipinski definition) is 2. The molecule has 0 aliphatic heterocycles. The number of aromatic amines is 1. The van der Waals surface area contributed by atoms with Gasteiger partial charge < -0.3 is 4.98 Å². The molecule has 1 heterocycles. The van der Waals surface area contributed by atoms with Gasteiger partial charge in [0, 0.05) is 22.3 Å². The largest absolute Gasteiger partial charge is 0.328 e. The van der Waals surface area contributed by atoms with Gasteiger partial charge in [0.15, 0.2) is 0 Å². The van der Waals surface area contributed by atoms with Crippen molar-refractivity contribution >= 4 is 23.8 Å². The number of nitrogens with one attached hydrogen (secondary N) is 2. The van der Waals surface area contributed by atoms with Crippen LogP contribution in [0.1, 0.15) is 11.3 Å². The zero-order valence-corrected chi connectivity index (χ0v) is 10.4. The van der Waals surface area contributed by atoms with E-state index in [2.05, 4.69) is 20.5 Å². The van der Waals surface area contributed by atoms with Crippen LogP contribution in [-0.2, 0) is 0 Å². The number of H-pyrrole nitrogens is 1. The molecule has 6 heteroatoms. The van der Waals surface area contributed by atoms with E-state index < -0.39 is 0 Å². The average Bonchev–Trinajstić information content (AvgIpc) is 2.30. The second kappa shape index (κ2) is 5.46. The standard InChI is InChI=1S/C12H11ClN4O/c1-8-6-11(18)16-12(15-8)17-14-7-9-4-2-3-5-10(9)13/h2-7H,1H3,(H2,15,16,17,18). The normalized spacial score (nSPS) is 10.8. The molecule has 0 saturated carbocycles. The molecule has 92 valence electrons. The lowest BCUT2D eigenvalue weighted by atomic mass is 10.2. The first-order chi connectivity index (χ1) is 8.65. The summed E-state index contributed by atoms with van der Waals surface area (Å²) in [7, 11) is 0. The Labute approximate surface area is 109 Å². The molecule has 1 aromatic carbocycles. The van der Waals surface area contributed by atoms with E-state index in [0.717, 1.165) is 5.56 Å². The zero-order valence-electron chi connectivity index (χ0n) is 9.64. The highest BCUT2D eigenvalue weighted by Crippen LogP contribution is 2.12. The third kappa shape index (κ3) is 3.18. The van der Waals surface area contributed by atoms with E-state index in [1.54, 1.807) is 19.2 Å². The smallest absolute Gasteiger partial charge is 0.274 e. The fraction of sp³-hybridized carbons (Fsp3) is 0.0833. The minimum atomic E-state index is -0.318. The molecule has 2 aromatic rings. The summed E-state index contributed by atoms with van der Waals surface area (Å²) in [5, 5.41) is 4.57. The summed E-state index contributed by atoms with van der Waals surface area (Å²) in [6, 6.07) is 8.71. The van der Waals surface area contributed by atoms with E-state index >= 15 is 0 Å². The topological polar surface area (TPSA) is 70.1 Å². The number of benzene rings is 1. The number of aromatic nitrogens is 2. The van der Waals surface area contributed by atoms with Crippen LogP contribution in [0.4, 0.5) is 5.95 Å². The minimum Gasteiger partial charge on any atom is -0.328 e. The van der Waals surface area contributed by atoms with E-state index in [1.807, 2.05) is 18.2 Å². The lowest BCUT2D eigenvalue weighted by Crippen LogP contribution is -2.10. The van der Waals surface area contributed by atoms with Crippen molar-refractivity contribution in [3.63, 3.8) is 0 Å². The Kier molecular flexibility index (Phi) is 3.74. The maximum absolute atomic E-state index is 11.2. The van der Waals surface area contributed by atoms with Crippen molar-refractivity contribution in [2.45, 2.75) is 6.92 Å². The van der Waals surface area contributed by atoms with Crippen LogP contribution in [-0.4, -0.2) is 16.2 Å². The van der Waals surface area contributed by atoms with Crippen molar-refractivity contribution in [1.82, 2.24) is 9.97 Å². The molecule has 0 radical (unpaired) electrons. The molecule has 0 unspecified atom stereocenters. The predicted molar refractivity (Wildman–Crippen MR) is 72.3 cm³/mol. The molecule has 0 amide bonds. The van der Waals surface area contributed by atoms with Crippen LogP contribution in [0, 0.1) is 6.92 Å². The van der Waals surface area contributed by atoms with Gasteiger partial charge in [-0.2, -0.15) is 10.1 Å². The zero-order chi connectivity index (χ0) is 13.0. The predicted octanol–water partition coefficient (Wildman–Crippen LogP) is 2.18. The molecule has 0 saturated heterocycles. The van der Waals surface area contributed by atoms with E-state index in [0.29, 0.717) is 16.7 Å². The number of nitrogens with zero attached hydrogens (tertiary/aromatic N) is 2. The molecule has 2 N–H and O–H groups in total. The molecule has 2 rings (SSSR count). The Hall–Kier alpha value is -2.14. The van der Waals surface area contributed by atoms with Crippen LogP contribution in [0.5, 0.6) is 0 Å². The summed E-state index contributed by atoms with van der Waals surface area (Å²) in [5.74, 6) is 0.295. The highest BCUT2D eigenvalue weighted by molar-refractivity contribution is 6.33. The van der Waals surface area contributed by atoms with Crippen LogP contribution >= 0.6 is 11.6 Å². The third-order valence-corrected chi connectivity index (χ3v) is 2.50. The number of anilines is 1. The van der Waals surface area contributed by atoms with Gasteiger partial charge in [0.2, 0.25) is 5.95 Å². The van der Waals surface area contributed by atoms with Crippen molar-refractivity contribution in [2.24, 2.45) is 5.10 Å². The number of hydrogen-bond acceptors (Lipinski definition) is 4. The van der Waals surface area contributed by atoms with Gasteiger partial charge in [0.25, 0.3) is 5.56 Å². The molecule has 0 bridgehead atoms. The van der Waals surface area contributed by atoms with Gasteiger partial charge in [-0.15, -0.1) is 0 Å². The van der Waals surface area contributed by atoms with Crippen LogP contribution in [0.25, 0.3) is 0 Å². The second-order valence-corrected chi connectivity index (χ2v) is 4.05. The molecular formula is C12H11ClN4O. The van der Waals surface area contributed by atoms with Crippen molar-refractivity contribution in [3.8, 4) is 0 Å². The second-order valence-electron chi connectivity index (χ2n) is 3.64. The lowest BCUT2D eigenvalue weighted by molar-refractivity contribution is 1.04. The molecule has 0 atom stereocenters. The molecule has 0 aliphatic carbocycles. The number of rotatable bonds is 3. The maximum atomic E-state index is 11.2. The fourth-order valence-electron chi connectivity index (χ4n) is 1.37. The summed E-state index contributed by atoms with van der Waals surface area (Å²) >= 11 is 5.96. The van der Waals surface area contributed by atoms with E-state index in [1.165, 1.54) is 6.07 Å². The van der Waals surface area contributed by atoms with Gasteiger partial charge in [0.05, 0.1) is 6.21 Å². The van der Waals surface area contributed by atoms with Crippen LogP contribution in [0.15, 0.2) is 40.2 Å². The van der Waals surface area contributed by atoms with Gasteiger partial charge in [0.1, 0.15) is 0 Å². The fourth-order valence-corrected chi connectivity index (χ4v) is 1.56. The number of hydrazone groups is 1. The minimum absolute atomic E-state index is 0.295. The molecule has 18 heavy (non-hydrogen) atoms. The van der Waals surface area contributed by atoms with E-state index in [4.69, 9.17) is 11.6 Å². The monoisotopic (exact) mass is 262 g/mol. The van der Waals surface area contributed by atoms with Crippen LogP contribution in [0.3, 0.4) is 0 Å². The van der Waals surface area contributed by atoms with E-state index in [-0.39, 0.29) is 5.56 Å². The Morgan fingerprint density at radius 1 is 1.44 bits per heavy atom. The lowest BCUT2D eigenvalue weighted by Gasteiger charge is -2.00. The molecule has 1 aromatic heterocycles. The third-order valence-electron chi connectivity index (χ3n) is 2.16. The molecule has 0 fully saturated rings. The molecule has 0 spiro atoms. The van der Waals surface area contributed by atoms with Crippen molar-refractivity contribution < 1.29 is 0 Å². The van der Waals surface area contributed by atoms with Crippen molar-refractivity contribution in [1.29, 1.82) is 0 Å². The van der Waals surface area contributed by atoms with Gasteiger partial charge in [-0.1, -0.05) is 29.8 Å². The Bertz CT molecular complexity index is 636. The number of aryl methyl sites for hydroxylation is 1. The average molecular weight is 263 g/mol. The van der Waals surface area contributed by atoms with Gasteiger partial charge >= 0.3 is 0 Å². The van der Waals surface area contributed by atoms with Crippen molar-refractivity contribution in [2.75, 3.05) is 5.43 Å². The van der Waals surface area contributed by atoms with Gasteiger partial charge in [-0.25, -0.2) is 5.43 Å². The SMILES string of the molecule is Cc1cc(=O)nc(NN=Cc2ccccc2Cl)[nH]1. The Morgan fingerprint density at radius 2 is 2.22 bits per heavy atom. The van der Waals surface area contributed by atoms with Gasteiger partial charge in [-0.05, 0) is 13.0 Å². The van der Waals surface area contributed by atoms with Gasteiger partial charge in [-0.3, -0.25) is 4.79 Å². The summed E-state index contributed by atoms with van der Waals surface area (Å²) in [6.45, 7) is 1.77. The van der Waals surface area contributed by atoms with Crippen molar-refractivity contribution in [3.05, 3.63) is 57.0 Å². The summed E-state index contributed by atoms with van der Waals surface area (Å²) in [5.41, 5.74) is 3.82. The highest BCUT2D eigenvalue weighted by atomic mass is 35.5. The first-order valence-corrected chi connectivity index (χ1v) is 5.64. The summed E-state index contributed by atoms with van der Waals surface area (Å²) in [6.07, 6.45) is 1.56. The first-order valence-electron chi connectivity index (χ1n) is 5.27. The molecular weight excluding hydrogens is 252 g/mol. The maximum Gasteiger partial charge on any atom is 0.274 e. The Morgan fingerprint density at radius 3 is 2.94 bits per heavy atom. The highest BCUT2D eigenvalue weighted by Gasteiger charge is 1.96.